The van der Waals surface area contributed by atoms with Crippen LogP contribution in [-0.4, -0.2) is 18.4 Å². The molecule has 0 aliphatic carbocycles. The minimum atomic E-state index is -0.368. The summed E-state index contributed by atoms with van der Waals surface area (Å²) in [6, 6.07) is 22.5. The topological polar surface area (TPSA) is 58.2 Å². The van der Waals surface area contributed by atoms with Crippen molar-refractivity contribution in [1.82, 2.24) is 10.6 Å². The highest BCUT2D eigenvalue weighted by molar-refractivity contribution is 6.06. The third-order valence-corrected chi connectivity index (χ3v) is 4.06. The van der Waals surface area contributed by atoms with Crippen LogP contribution in [0.3, 0.4) is 0 Å². The average molecular weight is 356 g/mol. The predicted octanol–water partition coefficient (Wildman–Crippen LogP) is 3.91. The summed E-state index contributed by atoms with van der Waals surface area (Å²) >= 11 is 0. The van der Waals surface area contributed by atoms with Crippen LogP contribution in [0.1, 0.15) is 15.9 Å². The van der Waals surface area contributed by atoms with E-state index in [0.717, 1.165) is 16.3 Å². The molecule has 0 aliphatic rings. The molecule has 0 radical (unpaired) electrons. The van der Waals surface area contributed by atoms with E-state index in [9.17, 15) is 9.59 Å². The van der Waals surface area contributed by atoms with Crippen LogP contribution in [0.5, 0.6) is 0 Å². The molecule has 0 aliphatic heterocycles. The first-order valence-corrected chi connectivity index (χ1v) is 8.64. The second-order valence-corrected chi connectivity index (χ2v) is 5.95. The summed E-state index contributed by atoms with van der Waals surface area (Å²) in [5, 5.41) is 7.51. The van der Waals surface area contributed by atoms with Gasteiger partial charge in [0.05, 0.1) is 0 Å². The quantitative estimate of drug-likeness (QED) is 0.520. The number of benzene rings is 3. The molecule has 0 atom stereocenters. The van der Waals surface area contributed by atoms with Gasteiger partial charge in [-0.15, -0.1) is 6.58 Å². The van der Waals surface area contributed by atoms with E-state index < -0.39 is 0 Å². The molecule has 0 saturated heterocycles. The molecule has 3 rings (SSSR count). The first-order valence-electron chi connectivity index (χ1n) is 8.64. The van der Waals surface area contributed by atoms with Gasteiger partial charge in [0.2, 0.25) is 0 Å². The normalized spacial score (nSPS) is 11.0. The average Bonchev–Trinajstić information content (AvgIpc) is 2.72. The van der Waals surface area contributed by atoms with Gasteiger partial charge in [-0.25, -0.2) is 0 Å². The molecule has 0 aromatic heterocycles. The molecular formula is C23H20N2O2. The lowest BCUT2D eigenvalue weighted by Gasteiger charge is -2.11. The van der Waals surface area contributed by atoms with Crippen molar-refractivity contribution < 1.29 is 9.59 Å². The summed E-state index contributed by atoms with van der Waals surface area (Å²) in [6.07, 6.45) is 3.29. The zero-order chi connectivity index (χ0) is 19.1. The summed E-state index contributed by atoms with van der Waals surface area (Å²) in [5.74, 6) is -0.706. The summed E-state index contributed by atoms with van der Waals surface area (Å²) < 4.78 is 0. The van der Waals surface area contributed by atoms with Gasteiger partial charge in [-0.1, -0.05) is 66.7 Å². The minimum absolute atomic E-state index is 0.182. The third-order valence-electron chi connectivity index (χ3n) is 4.06. The fraction of sp³-hybridized carbons (Fsp3) is 0.0435. The van der Waals surface area contributed by atoms with Crippen molar-refractivity contribution in [1.29, 1.82) is 0 Å². The first-order chi connectivity index (χ1) is 13.2. The van der Waals surface area contributed by atoms with Crippen LogP contribution in [0.4, 0.5) is 0 Å². The van der Waals surface area contributed by atoms with Crippen LogP contribution in [0, 0.1) is 0 Å². The molecule has 3 aromatic rings. The molecule has 3 aromatic carbocycles. The lowest BCUT2D eigenvalue weighted by Crippen LogP contribution is -2.34. The smallest absolute Gasteiger partial charge is 0.268 e. The highest BCUT2D eigenvalue weighted by Crippen LogP contribution is 2.20. The third kappa shape index (κ3) is 4.50. The van der Waals surface area contributed by atoms with E-state index in [1.165, 1.54) is 0 Å². The zero-order valence-electron chi connectivity index (χ0n) is 14.8. The molecule has 2 amide bonds. The maximum Gasteiger partial charge on any atom is 0.268 e. The Bertz CT molecular complexity index is 1000. The number of nitrogens with one attached hydrogen (secondary N) is 2. The molecule has 0 heterocycles. The highest BCUT2D eigenvalue weighted by atomic mass is 16.2. The van der Waals surface area contributed by atoms with E-state index in [-0.39, 0.29) is 17.5 Å². The van der Waals surface area contributed by atoms with Crippen molar-refractivity contribution in [3.8, 4) is 0 Å². The Morgan fingerprint density at radius 3 is 2.37 bits per heavy atom. The van der Waals surface area contributed by atoms with Crippen molar-refractivity contribution in [2.24, 2.45) is 0 Å². The Labute approximate surface area is 158 Å². The number of carbonyl (C=O) groups excluding carboxylic acids is 2. The molecular weight excluding hydrogens is 336 g/mol. The Kier molecular flexibility index (Phi) is 5.80. The van der Waals surface area contributed by atoms with E-state index in [4.69, 9.17) is 0 Å². The summed E-state index contributed by atoms with van der Waals surface area (Å²) in [7, 11) is 0. The molecule has 0 bridgehead atoms. The summed E-state index contributed by atoms with van der Waals surface area (Å²) in [5.41, 5.74) is 1.52. The van der Waals surface area contributed by atoms with Gasteiger partial charge in [-0.3, -0.25) is 9.59 Å². The summed E-state index contributed by atoms with van der Waals surface area (Å²) in [4.78, 5) is 25.1. The molecule has 2 N–H and O–H groups in total. The van der Waals surface area contributed by atoms with Crippen molar-refractivity contribution >= 4 is 28.7 Å². The van der Waals surface area contributed by atoms with Gasteiger partial charge >= 0.3 is 0 Å². The van der Waals surface area contributed by atoms with E-state index >= 15 is 0 Å². The number of fused-ring (bicyclic) bond motifs is 1. The van der Waals surface area contributed by atoms with E-state index in [0.29, 0.717) is 12.1 Å². The molecule has 0 fully saturated rings. The van der Waals surface area contributed by atoms with Crippen molar-refractivity contribution in [3.63, 3.8) is 0 Å². The van der Waals surface area contributed by atoms with Gasteiger partial charge in [0.15, 0.2) is 0 Å². The van der Waals surface area contributed by atoms with Crippen LogP contribution in [0.25, 0.3) is 16.8 Å². The summed E-state index contributed by atoms with van der Waals surface area (Å²) in [6.45, 7) is 3.92. The second-order valence-electron chi connectivity index (χ2n) is 5.95. The number of hydrogen-bond donors (Lipinski definition) is 2. The number of amides is 2. The van der Waals surface area contributed by atoms with Gasteiger partial charge in [0.25, 0.3) is 11.8 Å². The fourth-order valence-corrected chi connectivity index (χ4v) is 2.73. The number of carbonyl (C=O) groups is 2. The van der Waals surface area contributed by atoms with Crippen molar-refractivity contribution in [2.75, 3.05) is 6.54 Å². The standard InChI is InChI=1S/C23H20N2O2/c1-2-15-24-23(27)21(25-22(26)18-10-4-3-5-11-18)16-19-13-8-12-17-9-6-7-14-20(17)19/h2-14,16H,1,15H2,(H,24,27)(H,25,26)/b21-16-. The minimum Gasteiger partial charge on any atom is -0.347 e. The van der Waals surface area contributed by atoms with Gasteiger partial charge in [0.1, 0.15) is 5.70 Å². The molecule has 27 heavy (non-hydrogen) atoms. The van der Waals surface area contributed by atoms with Gasteiger partial charge in [0, 0.05) is 12.1 Å². The van der Waals surface area contributed by atoms with Crippen LogP contribution >= 0.6 is 0 Å². The monoisotopic (exact) mass is 356 g/mol. The SMILES string of the molecule is C=CCNC(=O)/C(=C/c1cccc2ccccc12)NC(=O)c1ccccc1. The number of rotatable bonds is 6. The Hall–Kier alpha value is -3.66. The lowest BCUT2D eigenvalue weighted by molar-refractivity contribution is -0.117. The van der Waals surface area contributed by atoms with Crippen LogP contribution < -0.4 is 10.6 Å². The molecule has 0 spiro atoms. The molecule has 4 nitrogen and oxygen atoms in total. The zero-order valence-corrected chi connectivity index (χ0v) is 14.8. The largest absolute Gasteiger partial charge is 0.347 e. The second kappa shape index (κ2) is 8.63. The van der Waals surface area contributed by atoms with Gasteiger partial charge in [-0.05, 0) is 34.5 Å². The van der Waals surface area contributed by atoms with Crippen molar-refractivity contribution in [3.05, 3.63) is 102 Å². The lowest BCUT2D eigenvalue weighted by atomic mass is 10.0. The van der Waals surface area contributed by atoms with Gasteiger partial charge < -0.3 is 10.6 Å². The van der Waals surface area contributed by atoms with Crippen LogP contribution in [0.15, 0.2) is 91.1 Å². The number of hydrogen-bond acceptors (Lipinski definition) is 2. The molecule has 0 unspecified atom stereocenters. The molecule has 134 valence electrons. The van der Waals surface area contributed by atoms with Crippen molar-refractivity contribution in [2.45, 2.75) is 0 Å². The van der Waals surface area contributed by atoms with E-state index in [1.54, 1.807) is 36.4 Å². The Balaban J connectivity index is 1.98. The Morgan fingerprint density at radius 2 is 1.59 bits per heavy atom. The molecule has 4 heteroatoms. The highest BCUT2D eigenvalue weighted by Gasteiger charge is 2.14. The van der Waals surface area contributed by atoms with E-state index in [2.05, 4.69) is 17.2 Å². The van der Waals surface area contributed by atoms with Crippen LogP contribution in [0.2, 0.25) is 0 Å². The Morgan fingerprint density at radius 1 is 0.889 bits per heavy atom. The molecule has 0 saturated carbocycles. The first kappa shape index (κ1) is 18.1. The predicted molar refractivity (Wildman–Crippen MR) is 109 cm³/mol. The fourth-order valence-electron chi connectivity index (χ4n) is 2.73. The van der Waals surface area contributed by atoms with Gasteiger partial charge in [-0.2, -0.15) is 0 Å². The maximum atomic E-state index is 12.6. The van der Waals surface area contributed by atoms with E-state index in [1.807, 2.05) is 48.5 Å². The maximum absolute atomic E-state index is 12.6. The van der Waals surface area contributed by atoms with Crippen LogP contribution in [-0.2, 0) is 4.79 Å².